The van der Waals surface area contributed by atoms with Gasteiger partial charge in [0.15, 0.2) is 4.80 Å². The van der Waals surface area contributed by atoms with Crippen LogP contribution in [0, 0.1) is 10.1 Å². The largest absolute Gasteiger partial charge is 0.496 e. The molecule has 10 heteroatoms. The van der Waals surface area contributed by atoms with E-state index in [1.54, 1.807) is 56.3 Å². The molecule has 2 heterocycles. The molecule has 0 spiro atoms. The number of para-hydroxylation sites is 1. The number of allylic oxidation sites excluding steroid dienone is 1. The fourth-order valence-corrected chi connectivity index (χ4v) is 4.90. The summed E-state index contributed by atoms with van der Waals surface area (Å²) in [5.41, 5.74) is 1.37. The maximum Gasteiger partial charge on any atom is 0.338 e. The number of fused-ring (bicyclic) bond motifs is 1. The summed E-state index contributed by atoms with van der Waals surface area (Å²) in [5, 5.41) is 11.1. The summed E-state index contributed by atoms with van der Waals surface area (Å²) in [5.74, 6) is -0.0510. The summed E-state index contributed by atoms with van der Waals surface area (Å²) in [6.07, 6.45) is 1.58. The number of benzene rings is 2. The van der Waals surface area contributed by atoms with Gasteiger partial charge in [-0.2, -0.15) is 0 Å². The summed E-state index contributed by atoms with van der Waals surface area (Å²) in [6.45, 7) is 3.58. The summed E-state index contributed by atoms with van der Waals surface area (Å²) >= 11 is 1.15. The fraction of sp³-hybridized carbons (Fsp3) is 0.208. The number of hydrogen-bond donors (Lipinski definition) is 0. The Morgan fingerprint density at radius 2 is 2.03 bits per heavy atom. The normalized spacial score (nSPS) is 15.5. The Bertz CT molecular complexity index is 1500. The van der Waals surface area contributed by atoms with Crippen molar-refractivity contribution >= 4 is 29.1 Å². The summed E-state index contributed by atoms with van der Waals surface area (Å²) in [6, 6.07) is 12.4. The second-order valence-electron chi connectivity index (χ2n) is 7.40. The number of carbonyl (C=O) groups excluding carboxylic acids is 1. The van der Waals surface area contributed by atoms with E-state index in [2.05, 4.69) is 4.99 Å². The zero-order valence-electron chi connectivity index (χ0n) is 18.7. The van der Waals surface area contributed by atoms with Gasteiger partial charge in [-0.15, -0.1) is 0 Å². The van der Waals surface area contributed by atoms with Crippen LogP contribution < -0.4 is 19.6 Å². The van der Waals surface area contributed by atoms with E-state index < -0.39 is 16.9 Å². The molecule has 1 aliphatic heterocycles. The highest BCUT2D eigenvalue weighted by Gasteiger charge is 2.34. The molecule has 1 atom stereocenters. The minimum atomic E-state index is -0.807. The van der Waals surface area contributed by atoms with Crippen molar-refractivity contribution in [2.75, 3.05) is 13.7 Å². The molecular formula is C24H21N3O6S. The van der Waals surface area contributed by atoms with Crippen LogP contribution >= 0.6 is 11.3 Å². The van der Waals surface area contributed by atoms with E-state index in [9.17, 15) is 19.7 Å². The Kier molecular flexibility index (Phi) is 6.42. The molecule has 0 radical (unpaired) electrons. The van der Waals surface area contributed by atoms with Gasteiger partial charge in [-0.25, -0.2) is 9.79 Å². The third-order valence-corrected chi connectivity index (χ3v) is 6.31. The van der Waals surface area contributed by atoms with Crippen LogP contribution in [0.2, 0.25) is 0 Å². The lowest BCUT2D eigenvalue weighted by atomic mass is 9.95. The van der Waals surface area contributed by atoms with Gasteiger partial charge in [0, 0.05) is 17.7 Å². The minimum Gasteiger partial charge on any atom is -0.496 e. The highest BCUT2D eigenvalue weighted by atomic mass is 32.1. The Hall–Kier alpha value is -4.05. The average Bonchev–Trinajstić information content (AvgIpc) is 3.12. The first-order valence-electron chi connectivity index (χ1n) is 10.4. The van der Waals surface area contributed by atoms with Crippen molar-refractivity contribution in [2.45, 2.75) is 19.9 Å². The van der Waals surface area contributed by atoms with Gasteiger partial charge in [-0.3, -0.25) is 19.5 Å². The van der Waals surface area contributed by atoms with Gasteiger partial charge in [0.1, 0.15) is 11.8 Å². The number of esters is 1. The van der Waals surface area contributed by atoms with Crippen LogP contribution in [-0.4, -0.2) is 29.2 Å². The molecule has 4 rings (SSSR count). The molecule has 0 fully saturated rings. The number of non-ortho nitro benzene ring substituents is 1. The van der Waals surface area contributed by atoms with Crippen LogP contribution in [0.15, 0.2) is 69.6 Å². The molecule has 2 aromatic carbocycles. The van der Waals surface area contributed by atoms with Gasteiger partial charge < -0.3 is 9.47 Å². The lowest BCUT2D eigenvalue weighted by Crippen LogP contribution is -2.40. The monoisotopic (exact) mass is 479 g/mol. The third kappa shape index (κ3) is 4.15. The van der Waals surface area contributed by atoms with Crippen LogP contribution in [0.1, 0.15) is 31.0 Å². The number of nitrogens with zero attached hydrogens (tertiary/aromatic N) is 3. The number of hydrogen-bond acceptors (Lipinski definition) is 8. The first-order chi connectivity index (χ1) is 16.3. The number of methoxy groups -OCH3 is 1. The molecule has 3 aromatic rings. The highest BCUT2D eigenvalue weighted by Crippen LogP contribution is 2.35. The second-order valence-corrected chi connectivity index (χ2v) is 8.41. The second kappa shape index (κ2) is 9.44. The van der Waals surface area contributed by atoms with Gasteiger partial charge in [0.05, 0.1) is 34.4 Å². The van der Waals surface area contributed by atoms with Crippen LogP contribution in [0.5, 0.6) is 5.75 Å². The molecule has 9 nitrogen and oxygen atoms in total. The highest BCUT2D eigenvalue weighted by molar-refractivity contribution is 7.07. The van der Waals surface area contributed by atoms with E-state index in [4.69, 9.17) is 9.47 Å². The lowest BCUT2D eigenvalue weighted by Gasteiger charge is -2.25. The zero-order chi connectivity index (χ0) is 24.4. The predicted octanol–water partition coefficient (Wildman–Crippen LogP) is 2.72. The number of carbonyl (C=O) groups is 1. The van der Waals surface area contributed by atoms with E-state index in [-0.39, 0.29) is 23.4 Å². The van der Waals surface area contributed by atoms with Crippen molar-refractivity contribution in [3.05, 3.63) is 101 Å². The summed E-state index contributed by atoms with van der Waals surface area (Å²) in [7, 11) is 1.52. The summed E-state index contributed by atoms with van der Waals surface area (Å²) in [4.78, 5) is 42.1. The first kappa shape index (κ1) is 23.1. The van der Waals surface area contributed by atoms with E-state index >= 15 is 0 Å². The van der Waals surface area contributed by atoms with E-state index in [1.807, 2.05) is 0 Å². The van der Waals surface area contributed by atoms with E-state index in [1.165, 1.54) is 23.8 Å². The van der Waals surface area contributed by atoms with Crippen LogP contribution in [0.25, 0.3) is 6.08 Å². The van der Waals surface area contributed by atoms with Crippen molar-refractivity contribution in [3.8, 4) is 5.75 Å². The minimum absolute atomic E-state index is 0.0751. The summed E-state index contributed by atoms with van der Waals surface area (Å²) < 4.78 is 12.6. The Morgan fingerprint density at radius 3 is 2.74 bits per heavy atom. The van der Waals surface area contributed by atoms with Gasteiger partial charge in [-0.1, -0.05) is 41.7 Å². The van der Waals surface area contributed by atoms with Crippen molar-refractivity contribution in [2.24, 2.45) is 4.99 Å². The molecule has 0 bridgehead atoms. The average molecular weight is 480 g/mol. The number of rotatable bonds is 6. The van der Waals surface area contributed by atoms with Crippen LogP contribution in [-0.2, 0) is 9.53 Å². The molecule has 174 valence electrons. The molecule has 0 amide bonds. The number of ether oxygens (including phenoxy) is 2. The molecule has 1 unspecified atom stereocenters. The third-order valence-electron chi connectivity index (χ3n) is 5.33. The van der Waals surface area contributed by atoms with Crippen LogP contribution in [0.3, 0.4) is 0 Å². The SMILES string of the molecule is CCOC(=O)C1=C(C)N=c2sc(=Cc3cccc([N+](=O)[O-])c3)c(=O)n2C1c1ccccc1OC. The number of aromatic nitrogens is 1. The quantitative estimate of drug-likeness (QED) is 0.305. The molecule has 0 N–H and O–H groups in total. The Balaban J connectivity index is 1.98. The van der Waals surface area contributed by atoms with E-state index in [0.29, 0.717) is 31.9 Å². The standard InChI is InChI=1S/C24H21N3O6S/c1-4-33-23(29)20-14(2)25-24-26(21(20)17-10-5-6-11-18(17)32-3)22(28)19(34-24)13-15-8-7-9-16(12-15)27(30)31/h5-13,21H,4H2,1-3H3. The zero-order valence-corrected chi connectivity index (χ0v) is 19.5. The maximum atomic E-state index is 13.6. The molecule has 1 aliphatic rings. The number of nitro benzene ring substituents is 1. The Labute approximate surface area is 198 Å². The maximum absolute atomic E-state index is 13.6. The Morgan fingerprint density at radius 1 is 1.26 bits per heavy atom. The molecule has 0 saturated heterocycles. The molecule has 0 saturated carbocycles. The number of nitro groups is 1. The first-order valence-corrected chi connectivity index (χ1v) is 11.2. The molecule has 0 aliphatic carbocycles. The van der Waals surface area contributed by atoms with Gasteiger partial charge in [-0.05, 0) is 31.6 Å². The van der Waals surface area contributed by atoms with Crippen LogP contribution in [0.4, 0.5) is 5.69 Å². The van der Waals surface area contributed by atoms with Gasteiger partial charge >= 0.3 is 5.97 Å². The number of thiazole rings is 1. The van der Waals surface area contributed by atoms with E-state index in [0.717, 1.165) is 11.3 Å². The smallest absolute Gasteiger partial charge is 0.338 e. The van der Waals surface area contributed by atoms with Gasteiger partial charge in [0.25, 0.3) is 11.2 Å². The van der Waals surface area contributed by atoms with Crippen molar-refractivity contribution < 1.29 is 19.2 Å². The van der Waals surface area contributed by atoms with Crippen molar-refractivity contribution in [1.82, 2.24) is 4.57 Å². The molecular weight excluding hydrogens is 458 g/mol. The van der Waals surface area contributed by atoms with Crippen molar-refractivity contribution in [3.63, 3.8) is 0 Å². The molecule has 34 heavy (non-hydrogen) atoms. The lowest BCUT2D eigenvalue weighted by molar-refractivity contribution is -0.384. The predicted molar refractivity (Wildman–Crippen MR) is 126 cm³/mol. The molecule has 1 aromatic heterocycles. The van der Waals surface area contributed by atoms with Crippen molar-refractivity contribution in [1.29, 1.82) is 0 Å². The van der Waals surface area contributed by atoms with Gasteiger partial charge in [0.2, 0.25) is 0 Å². The topological polar surface area (TPSA) is 113 Å². The fourth-order valence-electron chi connectivity index (χ4n) is 3.86.